The van der Waals surface area contributed by atoms with Crippen LogP contribution in [0.25, 0.3) is 0 Å². The third-order valence-corrected chi connectivity index (χ3v) is 4.10. The van der Waals surface area contributed by atoms with Gasteiger partial charge >= 0.3 is 0 Å². The van der Waals surface area contributed by atoms with Crippen LogP contribution in [0.2, 0.25) is 5.02 Å². The molecule has 0 fully saturated rings. The average Bonchev–Trinajstić information content (AvgIpc) is 2.57. The number of carbonyl (C=O) groups is 2. The van der Waals surface area contributed by atoms with Crippen molar-refractivity contribution in [2.75, 3.05) is 16.8 Å². The van der Waals surface area contributed by atoms with Gasteiger partial charge in [0, 0.05) is 28.9 Å². The second kappa shape index (κ2) is 6.53. The van der Waals surface area contributed by atoms with Crippen LogP contribution in [-0.4, -0.2) is 24.5 Å². The SMILES string of the molecule is CCN1C(=O)C(C)Oc2cc(NC(=O)c3ccc(Cl)cc3)ccc21. The summed E-state index contributed by atoms with van der Waals surface area (Å²) in [5, 5.41) is 3.40. The highest BCUT2D eigenvalue weighted by Gasteiger charge is 2.30. The summed E-state index contributed by atoms with van der Waals surface area (Å²) < 4.78 is 5.66. The lowest BCUT2D eigenvalue weighted by Crippen LogP contribution is -2.44. The smallest absolute Gasteiger partial charge is 0.267 e. The first-order valence-electron chi connectivity index (χ1n) is 7.68. The fourth-order valence-corrected chi connectivity index (χ4v) is 2.74. The highest BCUT2D eigenvalue weighted by molar-refractivity contribution is 6.30. The van der Waals surface area contributed by atoms with Crippen LogP contribution in [0.4, 0.5) is 11.4 Å². The van der Waals surface area contributed by atoms with E-state index in [4.69, 9.17) is 16.3 Å². The van der Waals surface area contributed by atoms with Gasteiger partial charge in [0.05, 0.1) is 5.69 Å². The summed E-state index contributed by atoms with van der Waals surface area (Å²) in [5.74, 6) is 0.278. The first-order valence-corrected chi connectivity index (χ1v) is 8.06. The van der Waals surface area contributed by atoms with E-state index in [1.54, 1.807) is 54.3 Å². The molecule has 0 radical (unpaired) electrons. The quantitative estimate of drug-likeness (QED) is 0.923. The fourth-order valence-electron chi connectivity index (χ4n) is 2.62. The van der Waals surface area contributed by atoms with Crippen molar-refractivity contribution in [3.63, 3.8) is 0 Å². The fraction of sp³-hybridized carbons (Fsp3) is 0.222. The van der Waals surface area contributed by atoms with E-state index in [1.165, 1.54) is 0 Å². The number of amides is 2. The maximum Gasteiger partial charge on any atom is 0.267 e. The van der Waals surface area contributed by atoms with E-state index in [-0.39, 0.29) is 11.8 Å². The van der Waals surface area contributed by atoms with Gasteiger partial charge in [-0.25, -0.2) is 0 Å². The number of halogens is 1. The van der Waals surface area contributed by atoms with Gasteiger partial charge in [-0.15, -0.1) is 0 Å². The monoisotopic (exact) mass is 344 g/mol. The van der Waals surface area contributed by atoms with Crippen molar-refractivity contribution in [1.82, 2.24) is 0 Å². The van der Waals surface area contributed by atoms with Crippen molar-refractivity contribution < 1.29 is 14.3 Å². The zero-order valence-electron chi connectivity index (χ0n) is 13.4. The molecule has 1 heterocycles. The molecule has 0 saturated carbocycles. The summed E-state index contributed by atoms with van der Waals surface area (Å²) in [6.45, 7) is 4.19. The Labute approximate surface area is 145 Å². The molecule has 6 heteroatoms. The van der Waals surface area contributed by atoms with Crippen molar-refractivity contribution in [1.29, 1.82) is 0 Å². The van der Waals surface area contributed by atoms with Crippen LogP contribution in [-0.2, 0) is 4.79 Å². The summed E-state index contributed by atoms with van der Waals surface area (Å²) in [7, 11) is 0. The predicted octanol–water partition coefficient (Wildman–Crippen LogP) is 3.73. The number of ether oxygens (including phenoxy) is 1. The third-order valence-electron chi connectivity index (χ3n) is 3.85. The van der Waals surface area contributed by atoms with E-state index in [1.807, 2.05) is 6.92 Å². The highest BCUT2D eigenvalue weighted by Crippen LogP contribution is 2.36. The Hall–Kier alpha value is -2.53. The molecule has 1 aliphatic rings. The van der Waals surface area contributed by atoms with Crippen molar-refractivity contribution in [3.05, 3.63) is 53.1 Å². The molecular weight excluding hydrogens is 328 g/mol. The molecule has 1 unspecified atom stereocenters. The van der Waals surface area contributed by atoms with Crippen LogP contribution in [0.3, 0.4) is 0 Å². The van der Waals surface area contributed by atoms with Crippen LogP contribution < -0.4 is 15.0 Å². The number of rotatable bonds is 3. The molecule has 0 bridgehead atoms. The molecule has 1 atom stereocenters. The molecule has 5 nitrogen and oxygen atoms in total. The molecule has 0 aliphatic carbocycles. The van der Waals surface area contributed by atoms with Gasteiger partial charge in [-0.3, -0.25) is 9.59 Å². The molecule has 0 saturated heterocycles. The molecule has 0 spiro atoms. The average molecular weight is 345 g/mol. The molecule has 3 rings (SSSR count). The van der Waals surface area contributed by atoms with E-state index >= 15 is 0 Å². The molecule has 2 aromatic carbocycles. The number of anilines is 2. The molecule has 1 aliphatic heterocycles. The first kappa shape index (κ1) is 16.3. The van der Waals surface area contributed by atoms with Crippen molar-refractivity contribution in [2.45, 2.75) is 20.0 Å². The van der Waals surface area contributed by atoms with E-state index in [0.29, 0.717) is 34.3 Å². The number of benzene rings is 2. The topological polar surface area (TPSA) is 58.6 Å². The Bertz CT molecular complexity index is 789. The molecule has 2 aromatic rings. The van der Waals surface area contributed by atoms with Crippen LogP contribution in [0.5, 0.6) is 5.75 Å². The van der Waals surface area contributed by atoms with Gasteiger partial charge in [-0.1, -0.05) is 11.6 Å². The van der Waals surface area contributed by atoms with E-state index in [2.05, 4.69) is 5.32 Å². The molecule has 0 aromatic heterocycles. The number of hydrogen-bond acceptors (Lipinski definition) is 3. The maximum atomic E-state index is 12.3. The number of hydrogen-bond donors (Lipinski definition) is 1. The van der Waals surface area contributed by atoms with Gasteiger partial charge in [0.2, 0.25) is 0 Å². The largest absolute Gasteiger partial charge is 0.479 e. The van der Waals surface area contributed by atoms with E-state index < -0.39 is 6.10 Å². The standard InChI is InChI=1S/C18H17ClN2O3/c1-3-21-15-9-8-14(10-16(15)24-11(2)18(21)23)20-17(22)12-4-6-13(19)7-5-12/h4-11H,3H2,1-2H3,(H,20,22). The number of carbonyl (C=O) groups excluding carboxylic acids is 2. The lowest BCUT2D eigenvalue weighted by Gasteiger charge is -2.32. The third kappa shape index (κ3) is 3.08. The van der Waals surface area contributed by atoms with Crippen molar-refractivity contribution in [2.24, 2.45) is 0 Å². The van der Waals surface area contributed by atoms with Gasteiger partial charge in [-0.2, -0.15) is 0 Å². The van der Waals surface area contributed by atoms with Crippen LogP contribution in [0.15, 0.2) is 42.5 Å². The summed E-state index contributed by atoms with van der Waals surface area (Å²) in [5.41, 5.74) is 1.83. The normalized spacial score (nSPS) is 16.4. The lowest BCUT2D eigenvalue weighted by molar-refractivity contribution is -0.125. The Morgan fingerprint density at radius 3 is 2.62 bits per heavy atom. The van der Waals surface area contributed by atoms with Gasteiger partial charge < -0.3 is 15.0 Å². The summed E-state index contributed by atoms with van der Waals surface area (Å²) in [4.78, 5) is 26.1. The lowest BCUT2D eigenvalue weighted by atomic mass is 10.1. The molecular formula is C18H17ClN2O3. The van der Waals surface area contributed by atoms with Crippen LogP contribution in [0.1, 0.15) is 24.2 Å². The van der Waals surface area contributed by atoms with Crippen LogP contribution in [0, 0.1) is 0 Å². The summed E-state index contributed by atoms with van der Waals surface area (Å²) in [6, 6.07) is 11.9. The minimum absolute atomic E-state index is 0.0667. The molecule has 2 amide bonds. The number of nitrogens with zero attached hydrogens (tertiary/aromatic N) is 1. The Morgan fingerprint density at radius 2 is 1.96 bits per heavy atom. The zero-order valence-corrected chi connectivity index (χ0v) is 14.1. The van der Waals surface area contributed by atoms with E-state index in [0.717, 1.165) is 0 Å². The number of fused-ring (bicyclic) bond motifs is 1. The minimum Gasteiger partial charge on any atom is -0.479 e. The highest BCUT2D eigenvalue weighted by atomic mass is 35.5. The number of nitrogens with one attached hydrogen (secondary N) is 1. The Kier molecular flexibility index (Phi) is 4.44. The second-order valence-electron chi connectivity index (χ2n) is 5.49. The maximum absolute atomic E-state index is 12.3. The van der Waals surface area contributed by atoms with Gasteiger partial charge in [0.15, 0.2) is 6.10 Å². The first-order chi connectivity index (χ1) is 11.5. The van der Waals surface area contributed by atoms with Crippen molar-refractivity contribution >= 4 is 34.8 Å². The molecule has 1 N–H and O–H groups in total. The van der Waals surface area contributed by atoms with Crippen molar-refractivity contribution in [3.8, 4) is 5.75 Å². The second-order valence-corrected chi connectivity index (χ2v) is 5.92. The zero-order chi connectivity index (χ0) is 17.3. The van der Waals surface area contributed by atoms with E-state index in [9.17, 15) is 9.59 Å². The Morgan fingerprint density at radius 1 is 1.25 bits per heavy atom. The van der Waals surface area contributed by atoms with Gasteiger partial charge in [0.1, 0.15) is 5.75 Å². The summed E-state index contributed by atoms with van der Waals surface area (Å²) >= 11 is 5.83. The van der Waals surface area contributed by atoms with Gasteiger partial charge in [-0.05, 0) is 50.2 Å². The number of likely N-dealkylation sites (N-methyl/N-ethyl adjacent to an activating group) is 1. The summed E-state index contributed by atoms with van der Waals surface area (Å²) in [6.07, 6.45) is -0.542. The van der Waals surface area contributed by atoms with Crippen LogP contribution >= 0.6 is 11.6 Å². The predicted molar refractivity (Wildman–Crippen MR) is 94.0 cm³/mol. The minimum atomic E-state index is -0.542. The Balaban J connectivity index is 1.84. The van der Waals surface area contributed by atoms with Gasteiger partial charge in [0.25, 0.3) is 11.8 Å². The molecule has 124 valence electrons. The molecule has 24 heavy (non-hydrogen) atoms.